The molecule has 0 radical (unpaired) electrons. The lowest BCUT2D eigenvalue weighted by molar-refractivity contribution is 0.726. The van der Waals surface area contributed by atoms with Crippen molar-refractivity contribution >= 4 is 23.4 Å². The fraction of sp³-hybridized carbons (Fsp3) is 0.412. The number of anilines is 2. The molecule has 4 nitrogen and oxygen atoms in total. The number of hydrogen-bond donors (Lipinski definition) is 1. The lowest BCUT2D eigenvalue weighted by Gasteiger charge is -2.18. The normalized spacial score (nSPS) is 15.5. The second kappa shape index (κ2) is 5.76. The van der Waals surface area contributed by atoms with Crippen LogP contribution in [-0.4, -0.2) is 30.6 Å². The van der Waals surface area contributed by atoms with Crippen molar-refractivity contribution in [1.82, 2.24) is 9.97 Å². The van der Waals surface area contributed by atoms with Crippen LogP contribution in [0.5, 0.6) is 0 Å². The van der Waals surface area contributed by atoms with Crippen molar-refractivity contribution in [3.63, 3.8) is 0 Å². The molecule has 0 atom stereocenters. The Kier molecular flexibility index (Phi) is 3.96. The lowest BCUT2D eigenvalue weighted by Crippen LogP contribution is -2.21. The van der Waals surface area contributed by atoms with Crippen molar-refractivity contribution < 1.29 is 0 Å². The van der Waals surface area contributed by atoms with E-state index < -0.39 is 0 Å². The molecule has 1 heterocycles. The summed E-state index contributed by atoms with van der Waals surface area (Å²) in [4.78, 5) is 11.0. The minimum Gasteiger partial charge on any atom is -0.362 e. The third-order valence-electron chi connectivity index (χ3n) is 4.26. The molecule has 1 fully saturated rings. The molecule has 0 unspecified atom stereocenters. The Morgan fingerprint density at radius 1 is 1.23 bits per heavy atom. The molecule has 5 heteroatoms. The molecule has 116 valence electrons. The Morgan fingerprint density at radius 3 is 2.50 bits per heavy atom. The molecule has 1 saturated carbocycles. The molecule has 3 rings (SSSR count). The van der Waals surface area contributed by atoms with E-state index in [2.05, 4.69) is 27.4 Å². The van der Waals surface area contributed by atoms with Gasteiger partial charge in [0.15, 0.2) is 0 Å². The molecule has 0 spiro atoms. The maximum atomic E-state index is 5.98. The molecule has 1 aliphatic rings. The second-order valence-corrected chi connectivity index (χ2v) is 6.67. The van der Waals surface area contributed by atoms with E-state index >= 15 is 0 Å². The SMILES string of the molecule is Cc1cnc(NCC2(c3ccc(Cl)cc3)CC2)nc1N(C)C. The molecule has 2 aromatic rings. The number of aromatic nitrogens is 2. The van der Waals surface area contributed by atoms with Crippen molar-refractivity contribution in [2.75, 3.05) is 30.9 Å². The molecule has 1 aromatic heterocycles. The third kappa shape index (κ3) is 3.02. The van der Waals surface area contributed by atoms with Crippen LogP contribution in [0.2, 0.25) is 5.02 Å². The highest BCUT2D eigenvalue weighted by atomic mass is 35.5. The van der Waals surface area contributed by atoms with Crippen LogP contribution >= 0.6 is 11.6 Å². The molecule has 0 bridgehead atoms. The summed E-state index contributed by atoms with van der Waals surface area (Å²) in [5.74, 6) is 1.64. The van der Waals surface area contributed by atoms with Gasteiger partial charge in [0.05, 0.1) is 0 Å². The van der Waals surface area contributed by atoms with Crippen molar-refractivity contribution in [3.05, 3.63) is 46.6 Å². The Hall–Kier alpha value is -1.81. The van der Waals surface area contributed by atoms with E-state index in [0.29, 0.717) is 5.95 Å². The van der Waals surface area contributed by atoms with Gasteiger partial charge in [-0.05, 0) is 37.5 Å². The molecule has 1 aromatic carbocycles. The van der Waals surface area contributed by atoms with Gasteiger partial charge in [0.25, 0.3) is 0 Å². The number of halogens is 1. The van der Waals surface area contributed by atoms with Crippen LogP contribution in [0, 0.1) is 6.92 Å². The standard InChI is InChI=1S/C17H21ClN4/c1-12-10-19-16(21-15(12)22(2)3)20-11-17(8-9-17)13-4-6-14(18)7-5-13/h4-7,10H,8-9,11H2,1-3H3,(H,19,20,21). The van der Waals surface area contributed by atoms with Crippen molar-refractivity contribution in [2.45, 2.75) is 25.2 Å². The summed E-state index contributed by atoms with van der Waals surface area (Å²) in [5.41, 5.74) is 2.62. The Bertz CT molecular complexity index is 663. The summed E-state index contributed by atoms with van der Waals surface area (Å²) in [7, 11) is 3.99. The molecule has 0 saturated heterocycles. The maximum Gasteiger partial charge on any atom is 0.224 e. The summed E-state index contributed by atoms with van der Waals surface area (Å²) >= 11 is 5.98. The first-order chi connectivity index (χ1) is 10.5. The molecule has 1 N–H and O–H groups in total. The summed E-state index contributed by atoms with van der Waals surface area (Å²) < 4.78 is 0. The topological polar surface area (TPSA) is 41.1 Å². The first-order valence-corrected chi connectivity index (χ1v) is 7.89. The zero-order valence-corrected chi connectivity index (χ0v) is 14.0. The van der Waals surface area contributed by atoms with Crippen LogP contribution in [0.25, 0.3) is 0 Å². The van der Waals surface area contributed by atoms with E-state index in [1.165, 1.54) is 18.4 Å². The largest absolute Gasteiger partial charge is 0.362 e. The quantitative estimate of drug-likeness (QED) is 0.914. The van der Waals surface area contributed by atoms with Crippen LogP contribution in [0.15, 0.2) is 30.5 Å². The maximum absolute atomic E-state index is 5.98. The Labute approximate surface area is 136 Å². The lowest BCUT2D eigenvalue weighted by atomic mass is 9.96. The number of rotatable bonds is 5. The van der Waals surface area contributed by atoms with Gasteiger partial charge in [0, 0.05) is 42.8 Å². The van der Waals surface area contributed by atoms with Crippen LogP contribution in [0.1, 0.15) is 24.0 Å². The van der Waals surface area contributed by atoms with Crippen LogP contribution < -0.4 is 10.2 Å². The summed E-state index contributed by atoms with van der Waals surface area (Å²) in [5, 5.41) is 4.18. The number of aryl methyl sites for hydroxylation is 1. The van der Waals surface area contributed by atoms with E-state index in [9.17, 15) is 0 Å². The molecule has 22 heavy (non-hydrogen) atoms. The van der Waals surface area contributed by atoms with Gasteiger partial charge in [0.1, 0.15) is 5.82 Å². The van der Waals surface area contributed by atoms with E-state index in [4.69, 9.17) is 11.6 Å². The predicted octanol–water partition coefficient (Wildman–Crippen LogP) is 3.65. The zero-order chi connectivity index (χ0) is 15.7. The summed E-state index contributed by atoms with van der Waals surface area (Å²) in [6, 6.07) is 8.17. The highest BCUT2D eigenvalue weighted by Crippen LogP contribution is 2.48. The van der Waals surface area contributed by atoms with Gasteiger partial charge in [-0.1, -0.05) is 23.7 Å². The monoisotopic (exact) mass is 316 g/mol. The summed E-state index contributed by atoms with van der Waals surface area (Å²) in [6.07, 6.45) is 4.24. The molecule has 0 aliphatic heterocycles. The van der Waals surface area contributed by atoms with Gasteiger partial charge < -0.3 is 10.2 Å². The zero-order valence-electron chi connectivity index (χ0n) is 13.2. The van der Waals surface area contributed by atoms with E-state index in [1.54, 1.807) is 0 Å². The number of hydrogen-bond acceptors (Lipinski definition) is 4. The van der Waals surface area contributed by atoms with Crippen LogP contribution in [0.3, 0.4) is 0 Å². The Balaban J connectivity index is 1.72. The predicted molar refractivity (Wildman–Crippen MR) is 91.9 cm³/mol. The first kappa shape index (κ1) is 15.1. The van der Waals surface area contributed by atoms with Gasteiger partial charge in [-0.15, -0.1) is 0 Å². The fourth-order valence-electron chi connectivity index (χ4n) is 2.74. The third-order valence-corrected chi connectivity index (χ3v) is 4.52. The van der Waals surface area contributed by atoms with Gasteiger partial charge in [-0.2, -0.15) is 4.98 Å². The van der Waals surface area contributed by atoms with Gasteiger partial charge in [-0.3, -0.25) is 0 Å². The smallest absolute Gasteiger partial charge is 0.224 e. The number of benzene rings is 1. The minimum atomic E-state index is 0.205. The molecule has 0 amide bonds. The minimum absolute atomic E-state index is 0.205. The van der Waals surface area contributed by atoms with E-state index in [1.807, 2.05) is 44.2 Å². The van der Waals surface area contributed by atoms with Gasteiger partial charge >= 0.3 is 0 Å². The second-order valence-electron chi connectivity index (χ2n) is 6.24. The molecular formula is C17H21ClN4. The van der Waals surface area contributed by atoms with Crippen molar-refractivity contribution in [3.8, 4) is 0 Å². The average molecular weight is 317 g/mol. The van der Waals surface area contributed by atoms with Crippen molar-refractivity contribution in [1.29, 1.82) is 0 Å². The van der Waals surface area contributed by atoms with Gasteiger partial charge in [-0.25, -0.2) is 4.98 Å². The van der Waals surface area contributed by atoms with E-state index in [-0.39, 0.29) is 5.41 Å². The number of nitrogens with one attached hydrogen (secondary N) is 1. The highest BCUT2D eigenvalue weighted by Gasteiger charge is 2.44. The fourth-order valence-corrected chi connectivity index (χ4v) is 2.87. The highest BCUT2D eigenvalue weighted by molar-refractivity contribution is 6.30. The Morgan fingerprint density at radius 2 is 1.91 bits per heavy atom. The first-order valence-electron chi connectivity index (χ1n) is 7.51. The van der Waals surface area contributed by atoms with Crippen LogP contribution in [-0.2, 0) is 5.41 Å². The number of nitrogens with zero attached hydrogens (tertiary/aromatic N) is 3. The van der Waals surface area contributed by atoms with Gasteiger partial charge in [0.2, 0.25) is 5.95 Å². The molecular weight excluding hydrogens is 296 g/mol. The molecule has 1 aliphatic carbocycles. The van der Waals surface area contributed by atoms with Crippen molar-refractivity contribution in [2.24, 2.45) is 0 Å². The summed E-state index contributed by atoms with van der Waals surface area (Å²) in [6.45, 7) is 2.87. The van der Waals surface area contributed by atoms with Crippen LogP contribution in [0.4, 0.5) is 11.8 Å². The average Bonchev–Trinajstić information content (AvgIpc) is 3.28. The van der Waals surface area contributed by atoms with E-state index in [0.717, 1.165) is 22.9 Å².